The van der Waals surface area contributed by atoms with Crippen molar-refractivity contribution in [3.05, 3.63) is 35.8 Å². The van der Waals surface area contributed by atoms with Gasteiger partial charge in [0.2, 0.25) is 0 Å². The van der Waals surface area contributed by atoms with E-state index in [2.05, 4.69) is 27.7 Å². The summed E-state index contributed by atoms with van der Waals surface area (Å²) < 4.78 is 22.5. The number of aldehydes is 1. The first-order valence-corrected chi connectivity index (χ1v) is 8.39. The highest BCUT2D eigenvalue weighted by Gasteiger charge is 2.39. The summed E-state index contributed by atoms with van der Waals surface area (Å²) in [7, 11) is 0. The Morgan fingerprint density at radius 3 is 2.61 bits per heavy atom. The van der Waals surface area contributed by atoms with Crippen molar-refractivity contribution in [2.75, 3.05) is 0 Å². The third-order valence-corrected chi connectivity index (χ3v) is 5.65. The van der Waals surface area contributed by atoms with Gasteiger partial charge in [0, 0.05) is 23.1 Å². The predicted molar refractivity (Wildman–Crippen MR) is 89.0 cm³/mol. The molecular weight excluding hydrogens is 293 g/mol. The molecule has 0 saturated carbocycles. The van der Waals surface area contributed by atoms with Crippen LogP contribution in [0.4, 0.5) is 4.39 Å². The summed E-state index contributed by atoms with van der Waals surface area (Å²) in [6.45, 7) is 8.78. The van der Waals surface area contributed by atoms with Crippen molar-refractivity contribution in [1.29, 1.82) is 0 Å². The third-order valence-electron chi connectivity index (χ3n) is 5.65. The first-order chi connectivity index (χ1) is 11.0. The SMILES string of the molecule is CC[C@H]1OC(n2cc(C=O)c3c(F)cccc32)[C@H](C)[C@@H](C)[C@@H]1C. The molecule has 1 saturated heterocycles. The molecule has 2 aromatic rings. The van der Waals surface area contributed by atoms with Crippen LogP contribution in [-0.4, -0.2) is 17.0 Å². The van der Waals surface area contributed by atoms with Crippen LogP contribution in [0.3, 0.4) is 0 Å². The maximum Gasteiger partial charge on any atom is 0.152 e. The third kappa shape index (κ3) is 2.49. The van der Waals surface area contributed by atoms with E-state index in [0.29, 0.717) is 22.8 Å². The van der Waals surface area contributed by atoms with Crippen molar-refractivity contribution in [3.63, 3.8) is 0 Å². The Balaban J connectivity index is 2.12. The maximum atomic E-state index is 14.2. The predicted octanol–water partition coefficient (Wildman–Crippen LogP) is 4.81. The molecule has 4 heteroatoms. The number of halogens is 1. The van der Waals surface area contributed by atoms with Gasteiger partial charge >= 0.3 is 0 Å². The first kappa shape index (κ1) is 16.2. The van der Waals surface area contributed by atoms with Gasteiger partial charge in [-0.3, -0.25) is 4.79 Å². The molecule has 23 heavy (non-hydrogen) atoms. The van der Waals surface area contributed by atoms with Crippen LogP contribution in [0.25, 0.3) is 10.9 Å². The Hall–Kier alpha value is -1.68. The van der Waals surface area contributed by atoms with Crippen LogP contribution in [0.15, 0.2) is 24.4 Å². The van der Waals surface area contributed by atoms with Crippen molar-refractivity contribution in [1.82, 2.24) is 4.57 Å². The molecule has 1 aliphatic rings. The van der Waals surface area contributed by atoms with Crippen molar-refractivity contribution >= 4 is 17.2 Å². The van der Waals surface area contributed by atoms with Gasteiger partial charge in [0.15, 0.2) is 6.29 Å². The lowest BCUT2D eigenvalue weighted by atomic mass is 9.77. The summed E-state index contributed by atoms with van der Waals surface area (Å²) in [5.74, 6) is 0.895. The fourth-order valence-electron chi connectivity index (χ4n) is 3.89. The number of aromatic nitrogens is 1. The van der Waals surface area contributed by atoms with E-state index in [1.165, 1.54) is 6.07 Å². The van der Waals surface area contributed by atoms with Gasteiger partial charge in [-0.1, -0.05) is 33.8 Å². The van der Waals surface area contributed by atoms with E-state index in [-0.39, 0.29) is 24.1 Å². The highest BCUT2D eigenvalue weighted by molar-refractivity contribution is 5.98. The number of carbonyl (C=O) groups is 1. The van der Waals surface area contributed by atoms with E-state index in [1.54, 1.807) is 12.3 Å². The number of benzene rings is 1. The van der Waals surface area contributed by atoms with E-state index in [4.69, 9.17) is 4.74 Å². The second kappa shape index (κ2) is 6.08. The van der Waals surface area contributed by atoms with Gasteiger partial charge in [-0.25, -0.2) is 4.39 Å². The van der Waals surface area contributed by atoms with Gasteiger partial charge in [-0.05, 0) is 30.4 Å². The number of ether oxygens (including phenoxy) is 1. The Morgan fingerprint density at radius 2 is 1.96 bits per heavy atom. The molecule has 124 valence electrons. The minimum absolute atomic E-state index is 0.177. The Bertz CT molecular complexity index is 721. The first-order valence-electron chi connectivity index (χ1n) is 8.39. The molecule has 0 spiro atoms. The zero-order chi connectivity index (χ0) is 16.7. The summed E-state index contributed by atoms with van der Waals surface area (Å²) in [6, 6.07) is 4.93. The molecule has 3 rings (SSSR count). The largest absolute Gasteiger partial charge is 0.354 e. The van der Waals surface area contributed by atoms with Gasteiger partial charge in [-0.2, -0.15) is 0 Å². The Kier molecular flexibility index (Phi) is 4.28. The van der Waals surface area contributed by atoms with Crippen LogP contribution < -0.4 is 0 Å². The molecule has 0 amide bonds. The zero-order valence-electron chi connectivity index (χ0n) is 14.1. The number of rotatable bonds is 3. The maximum absolute atomic E-state index is 14.2. The number of fused-ring (bicyclic) bond motifs is 1. The molecule has 1 aromatic heterocycles. The molecule has 0 bridgehead atoms. The summed E-state index contributed by atoms with van der Waals surface area (Å²) in [5.41, 5.74) is 1.11. The number of hydrogen-bond acceptors (Lipinski definition) is 2. The van der Waals surface area contributed by atoms with Crippen LogP contribution in [0.5, 0.6) is 0 Å². The fourth-order valence-corrected chi connectivity index (χ4v) is 3.89. The number of carbonyl (C=O) groups excluding carboxylic acids is 1. The van der Waals surface area contributed by atoms with Gasteiger partial charge in [0.05, 0.1) is 11.6 Å². The minimum atomic E-state index is -0.361. The summed E-state index contributed by atoms with van der Waals surface area (Å²) in [5, 5.41) is 0.387. The van der Waals surface area contributed by atoms with E-state index in [0.717, 1.165) is 18.2 Å². The van der Waals surface area contributed by atoms with E-state index < -0.39 is 0 Å². The van der Waals surface area contributed by atoms with E-state index in [9.17, 15) is 9.18 Å². The second-order valence-corrected chi connectivity index (χ2v) is 6.79. The summed E-state index contributed by atoms with van der Waals surface area (Å²) in [6.07, 6.45) is 3.40. The highest BCUT2D eigenvalue weighted by Crippen LogP contribution is 2.42. The van der Waals surface area contributed by atoms with Crippen molar-refractivity contribution in [2.24, 2.45) is 17.8 Å². The molecule has 2 heterocycles. The average molecular weight is 317 g/mol. The standard InChI is InChI=1S/C19H24FNO2/c1-5-17-12(3)11(2)13(4)19(23-17)21-9-14(10-22)18-15(20)7-6-8-16(18)21/h6-13,17,19H,5H2,1-4H3/t11-,12-,13+,17+,19?/m0/s1. The molecule has 0 radical (unpaired) electrons. The fraction of sp³-hybridized carbons (Fsp3) is 0.526. The molecule has 0 aliphatic carbocycles. The second-order valence-electron chi connectivity index (χ2n) is 6.79. The van der Waals surface area contributed by atoms with Crippen LogP contribution >= 0.6 is 0 Å². The number of nitrogens with zero attached hydrogens (tertiary/aromatic N) is 1. The average Bonchev–Trinajstić information content (AvgIpc) is 2.93. The zero-order valence-corrected chi connectivity index (χ0v) is 14.1. The van der Waals surface area contributed by atoms with Crippen LogP contribution in [0, 0.1) is 23.6 Å². The lowest BCUT2D eigenvalue weighted by molar-refractivity contribution is -0.166. The van der Waals surface area contributed by atoms with Crippen LogP contribution in [-0.2, 0) is 4.74 Å². The van der Waals surface area contributed by atoms with Crippen LogP contribution in [0.2, 0.25) is 0 Å². The summed E-state index contributed by atoms with van der Waals surface area (Å²) >= 11 is 0. The van der Waals surface area contributed by atoms with Gasteiger partial charge in [-0.15, -0.1) is 0 Å². The lowest BCUT2D eigenvalue weighted by Crippen LogP contribution is -2.42. The normalized spacial score (nSPS) is 31.4. The smallest absolute Gasteiger partial charge is 0.152 e. The van der Waals surface area contributed by atoms with E-state index >= 15 is 0 Å². The topological polar surface area (TPSA) is 31.2 Å². The van der Waals surface area contributed by atoms with Crippen molar-refractivity contribution in [3.8, 4) is 0 Å². The quantitative estimate of drug-likeness (QED) is 0.761. The molecule has 3 nitrogen and oxygen atoms in total. The molecule has 5 atom stereocenters. The van der Waals surface area contributed by atoms with Gasteiger partial charge in [0.25, 0.3) is 0 Å². The van der Waals surface area contributed by atoms with Gasteiger partial charge in [0.1, 0.15) is 12.0 Å². The Labute approximate surface area is 136 Å². The summed E-state index contributed by atoms with van der Waals surface area (Å²) in [4.78, 5) is 11.4. The molecular formula is C19H24FNO2. The lowest BCUT2D eigenvalue weighted by Gasteiger charge is -2.44. The molecule has 1 aromatic carbocycles. The number of hydrogen-bond donors (Lipinski definition) is 0. The molecule has 1 aliphatic heterocycles. The molecule has 1 fully saturated rings. The molecule has 0 N–H and O–H groups in total. The molecule has 1 unspecified atom stereocenters. The van der Waals surface area contributed by atoms with E-state index in [1.807, 2.05) is 10.6 Å². The highest BCUT2D eigenvalue weighted by atomic mass is 19.1. The van der Waals surface area contributed by atoms with Crippen LogP contribution in [0.1, 0.15) is 50.7 Å². The van der Waals surface area contributed by atoms with Crippen molar-refractivity contribution in [2.45, 2.75) is 46.4 Å². The van der Waals surface area contributed by atoms with Gasteiger partial charge < -0.3 is 9.30 Å². The van der Waals surface area contributed by atoms with Crippen molar-refractivity contribution < 1.29 is 13.9 Å². The monoisotopic (exact) mass is 317 g/mol. The minimum Gasteiger partial charge on any atom is -0.354 e. The Morgan fingerprint density at radius 1 is 1.22 bits per heavy atom.